The fourth-order valence-corrected chi connectivity index (χ4v) is 2.83. The fourth-order valence-electron chi connectivity index (χ4n) is 2.83. The van der Waals surface area contributed by atoms with E-state index in [0.29, 0.717) is 5.69 Å². The van der Waals surface area contributed by atoms with Gasteiger partial charge in [0.25, 0.3) is 0 Å². The Morgan fingerprint density at radius 3 is 2.36 bits per heavy atom. The Morgan fingerprint density at radius 2 is 1.76 bits per heavy atom. The van der Waals surface area contributed by atoms with Gasteiger partial charge in [-0.2, -0.15) is 18.4 Å². The van der Waals surface area contributed by atoms with Crippen LogP contribution in [0, 0.1) is 11.3 Å². The standard InChI is InChI=1S/C23H24F3N3O4/c24-23(25,26)17-7-9-20(10-8-17)33-16-19(30)15-28-21(31)11-12-22(32)29(14-4-13-27)18-5-2-1-3-6-18/h1-3,5-10,19,30H,4,11-12,14-16H2,(H,28,31). The average Bonchev–Trinajstić information content (AvgIpc) is 2.80. The summed E-state index contributed by atoms with van der Waals surface area (Å²) in [6.45, 7) is -0.175. The maximum Gasteiger partial charge on any atom is 0.416 e. The lowest BCUT2D eigenvalue weighted by molar-refractivity contribution is -0.137. The van der Waals surface area contributed by atoms with Crippen LogP contribution in [0.15, 0.2) is 54.6 Å². The number of aliphatic hydroxyl groups excluding tert-OH is 1. The van der Waals surface area contributed by atoms with Crippen LogP contribution in [0.1, 0.15) is 24.8 Å². The van der Waals surface area contributed by atoms with Crippen molar-refractivity contribution in [2.24, 2.45) is 0 Å². The number of nitrogens with one attached hydrogen (secondary N) is 1. The van der Waals surface area contributed by atoms with Gasteiger partial charge in [0.1, 0.15) is 18.5 Å². The normalized spacial score (nSPS) is 11.8. The average molecular weight is 463 g/mol. The number of benzene rings is 2. The number of carbonyl (C=O) groups excluding carboxylic acids is 2. The summed E-state index contributed by atoms with van der Waals surface area (Å²) in [7, 11) is 0. The van der Waals surface area contributed by atoms with E-state index in [1.165, 1.54) is 4.90 Å². The predicted molar refractivity (Wildman–Crippen MR) is 114 cm³/mol. The van der Waals surface area contributed by atoms with E-state index >= 15 is 0 Å². The summed E-state index contributed by atoms with van der Waals surface area (Å²) in [5.41, 5.74) is -0.176. The van der Waals surface area contributed by atoms with Gasteiger partial charge in [-0.1, -0.05) is 18.2 Å². The first-order valence-corrected chi connectivity index (χ1v) is 10.2. The third-order valence-corrected chi connectivity index (χ3v) is 4.54. The van der Waals surface area contributed by atoms with E-state index in [-0.39, 0.29) is 50.6 Å². The van der Waals surface area contributed by atoms with Gasteiger partial charge < -0.3 is 20.1 Å². The molecule has 0 aliphatic rings. The molecule has 0 heterocycles. The minimum absolute atomic E-state index is 0.0791. The summed E-state index contributed by atoms with van der Waals surface area (Å²) in [6, 6.07) is 14.8. The highest BCUT2D eigenvalue weighted by Crippen LogP contribution is 2.30. The molecule has 2 rings (SSSR count). The SMILES string of the molecule is N#CCCN(C(=O)CCC(=O)NCC(O)COc1ccc(C(F)(F)F)cc1)c1ccccc1. The Labute approximate surface area is 189 Å². The second kappa shape index (κ2) is 12.5. The van der Waals surface area contributed by atoms with Crippen LogP contribution in [0.5, 0.6) is 5.75 Å². The van der Waals surface area contributed by atoms with Crippen molar-refractivity contribution in [3.63, 3.8) is 0 Å². The molecule has 0 radical (unpaired) electrons. The molecule has 33 heavy (non-hydrogen) atoms. The molecule has 0 aromatic heterocycles. The zero-order valence-electron chi connectivity index (χ0n) is 17.7. The van der Waals surface area contributed by atoms with Crippen LogP contribution in [-0.4, -0.2) is 42.7 Å². The number of nitriles is 1. The minimum atomic E-state index is -4.45. The van der Waals surface area contributed by atoms with Gasteiger partial charge in [-0.05, 0) is 36.4 Å². The number of aliphatic hydroxyl groups is 1. The molecule has 1 unspecified atom stereocenters. The van der Waals surface area contributed by atoms with Crippen molar-refractivity contribution in [1.82, 2.24) is 5.32 Å². The minimum Gasteiger partial charge on any atom is -0.491 e. The van der Waals surface area contributed by atoms with Gasteiger partial charge in [-0.15, -0.1) is 0 Å². The third kappa shape index (κ3) is 8.82. The summed E-state index contributed by atoms with van der Waals surface area (Å²) >= 11 is 0. The van der Waals surface area contributed by atoms with E-state index in [2.05, 4.69) is 5.32 Å². The molecule has 0 aliphatic carbocycles. The molecular weight excluding hydrogens is 439 g/mol. The van der Waals surface area contributed by atoms with Crippen molar-refractivity contribution in [2.45, 2.75) is 31.5 Å². The lowest BCUT2D eigenvalue weighted by Crippen LogP contribution is -2.36. The molecule has 2 aromatic rings. The molecule has 0 aliphatic heterocycles. The lowest BCUT2D eigenvalue weighted by Gasteiger charge is -2.21. The van der Waals surface area contributed by atoms with Crippen molar-refractivity contribution in [3.8, 4) is 11.8 Å². The van der Waals surface area contributed by atoms with Crippen molar-refractivity contribution in [3.05, 3.63) is 60.2 Å². The van der Waals surface area contributed by atoms with Crippen LogP contribution in [0.2, 0.25) is 0 Å². The Hall–Kier alpha value is -3.58. The van der Waals surface area contributed by atoms with Gasteiger partial charge in [0.2, 0.25) is 11.8 Å². The zero-order valence-corrected chi connectivity index (χ0v) is 17.7. The number of halogens is 3. The molecule has 0 saturated heterocycles. The Bertz CT molecular complexity index is 944. The molecule has 2 aromatic carbocycles. The highest BCUT2D eigenvalue weighted by molar-refractivity contribution is 5.95. The summed E-state index contributed by atoms with van der Waals surface area (Å²) in [5, 5.41) is 21.2. The summed E-state index contributed by atoms with van der Waals surface area (Å²) in [6.07, 6.45) is -5.58. The number of ether oxygens (including phenoxy) is 1. The highest BCUT2D eigenvalue weighted by Gasteiger charge is 2.30. The van der Waals surface area contributed by atoms with E-state index in [1.54, 1.807) is 30.3 Å². The number of nitrogens with zero attached hydrogens (tertiary/aromatic N) is 2. The van der Waals surface area contributed by atoms with Gasteiger partial charge in [0, 0.05) is 31.6 Å². The van der Waals surface area contributed by atoms with Gasteiger partial charge in [-0.3, -0.25) is 9.59 Å². The maximum absolute atomic E-state index is 12.6. The van der Waals surface area contributed by atoms with Crippen LogP contribution < -0.4 is 15.0 Å². The number of rotatable bonds is 11. The smallest absolute Gasteiger partial charge is 0.416 e. The molecule has 7 nitrogen and oxygen atoms in total. The lowest BCUT2D eigenvalue weighted by atomic mass is 10.2. The van der Waals surface area contributed by atoms with Crippen molar-refractivity contribution >= 4 is 17.5 Å². The number of alkyl halides is 3. The number of carbonyl (C=O) groups is 2. The van der Waals surface area contributed by atoms with Crippen molar-refractivity contribution < 1.29 is 32.6 Å². The van der Waals surface area contributed by atoms with E-state index in [9.17, 15) is 27.9 Å². The van der Waals surface area contributed by atoms with Gasteiger partial charge in [-0.25, -0.2) is 0 Å². The molecule has 0 spiro atoms. The molecule has 0 fully saturated rings. The second-order valence-electron chi connectivity index (χ2n) is 7.08. The quantitative estimate of drug-likeness (QED) is 0.533. The molecule has 1 atom stereocenters. The van der Waals surface area contributed by atoms with Crippen molar-refractivity contribution in [1.29, 1.82) is 5.26 Å². The molecule has 0 bridgehead atoms. The number of para-hydroxylation sites is 1. The number of hydrogen-bond donors (Lipinski definition) is 2. The topological polar surface area (TPSA) is 103 Å². The number of hydrogen-bond acceptors (Lipinski definition) is 5. The third-order valence-electron chi connectivity index (χ3n) is 4.54. The molecule has 10 heteroatoms. The molecular formula is C23H24F3N3O4. The first-order valence-electron chi connectivity index (χ1n) is 10.2. The van der Waals surface area contributed by atoms with E-state index in [1.807, 2.05) is 6.07 Å². The van der Waals surface area contributed by atoms with Crippen LogP contribution in [0.4, 0.5) is 18.9 Å². The van der Waals surface area contributed by atoms with Crippen LogP contribution >= 0.6 is 0 Å². The number of amides is 2. The Morgan fingerprint density at radius 1 is 1.09 bits per heavy atom. The van der Waals surface area contributed by atoms with E-state index in [0.717, 1.165) is 24.3 Å². The molecule has 0 saturated carbocycles. The largest absolute Gasteiger partial charge is 0.491 e. The van der Waals surface area contributed by atoms with E-state index < -0.39 is 23.8 Å². The first-order chi connectivity index (χ1) is 15.7. The highest BCUT2D eigenvalue weighted by atomic mass is 19.4. The van der Waals surface area contributed by atoms with Crippen LogP contribution in [0.3, 0.4) is 0 Å². The second-order valence-corrected chi connectivity index (χ2v) is 7.08. The zero-order chi connectivity index (χ0) is 24.3. The summed E-state index contributed by atoms with van der Waals surface area (Å²) in [4.78, 5) is 26.0. The monoisotopic (exact) mass is 463 g/mol. The maximum atomic E-state index is 12.6. The summed E-state index contributed by atoms with van der Waals surface area (Å²) in [5.74, 6) is -0.611. The fraction of sp³-hybridized carbons (Fsp3) is 0.348. The van der Waals surface area contributed by atoms with Gasteiger partial charge >= 0.3 is 6.18 Å². The predicted octanol–water partition coefficient (Wildman–Crippen LogP) is 3.29. The van der Waals surface area contributed by atoms with Gasteiger partial charge in [0.05, 0.1) is 18.1 Å². The van der Waals surface area contributed by atoms with Gasteiger partial charge in [0.15, 0.2) is 0 Å². The van der Waals surface area contributed by atoms with Crippen LogP contribution in [0.25, 0.3) is 0 Å². The molecule has 176 valence electrons. The first kappa shape index (κ1) is 25.7. The van der Waals surface area contributed by atoms with Crippen LogP contribution in [-0.2, 0) is 15.8 Å². The molecule has 2 amide bonds. The Kier molecular flexibility index (Phi) is 9.69. The van der Waals surface area contributed by atoms with E-state index in [4.69, 9.17) is 10.00 Å². The van der Waals surface area contributed by atoms with Crippen molar-refractivity contribution in [2.75, 3.05) is 24.6 Å². The molecule has 2 N–H and O–H groups in total. The number of anilines is 1. The Balaban J connectivity index is 1.74. The summed E-state index contributed by atoms with van der Waals surface area (Å²) < 4.78 is 42.9.